The minimum Gasteiger partial charge on any atom is -0.204 e. The molecular weight excluding hydrogens is 373 g/mol. The van der Waals surface area contributed by atoms with Crippen molar-refractivity contribution in [3.8, 4) is 0 Å². The van der Waals surface area contributed by atoms with E-state index < -0.39 is 17.5 Å². The molecule has 0 unspecified atom stereocenters. The van der Waals surface area contributed by atoms with Crippen molar-refractivity contribution in [2.75, 3.05) is 0 Å². The lowest BCUT2D eigenvalue weighted by Crippen LogP contribution is -2.26. The van der Waals surface area contributed by atoms with Crippen LogP contribution in [-0.2, 0) is 6.42 Å². The van der Waals surface area contributed by atoms with Gasteiger partial charge in [0.15, 0.2) is 17.5 Å². The normalized spacial score (nSPS) is 28.9. The fraction of sp³-hybridized carbons (Fsp3) is 0.750. The van der Waals surface area contributed by atoms with Crippen molar-refractivity contribution in [2.45, 2.75) is 89.6 Å². The first kappa shape index (κ1) is 21.9. The summed E-state index contributed by atoms with van der Waals surface area (Å²) in [6, 6.07) is 3.84. The van der Waals surface area contributed by atoms with Crippen LogP contribution in [0.2, 0.25) is 12.6 Å². The number of hydrogen-bond donors (Lipinski definition) is 0. The molecule has 0 spiro atoms. The first-order valence-electron chi connectivity index (χ1n) is 11.7. The van der Waals surface area contributed by atoms with Crippen molar-refractivity contribution >= 4 is 9.52 Å². The Bertz CT molecular complexity index is 579. The van der Waals surface area contributed by atoms with Crippen molar-refractivity contribution in [3.63, 3.8) is 0 Å². The van der Waals surface area contributed by atoms with Gasteiger partial charge in [0.1, 0.15) is 0 Å². The second-order valence-electron chi connectivity index (χ2n) is 9.47. The van der Waals surface area contributed by atoms with Crippen LogP contribution < -0.4 is 0 Å². The van der Waals surface area contributed by atoms with Crippen LogP contribution in [0.5, 0.6) is 0 Å². The fourth-order valence-electron chi connectivity index (χ4n) is 5.70. The van der Waals surface area contributed by atoms with Crippen LogP contribution in [0, 0.1) is 41.1 Å². The van der Waals surface area contributed by atoms with Crippen LogP contribution in [0.4, 0.5) is 13.2 Å². The molecule has 1 aromatic carbocycles. The Morgan fingerprint density at radius 3 is 1.79 bits per heavy atom. The number of benzene rings is 1. The molecular formula is C24H37F3Si. The fourth-order valence-corrected chi connectivity index (χ4v) is 6.49. The topological polar surface area (TPSA) is 0 Å². The van der Waals surface area contributed by atoms with Crippen LogP contribution in [0.25, 0.3) is 0 Å². The number of rotatable bonds is 8. The smallest absolute Gasteiger partial charge is 0.194 e. The molecule has 3 rings (SSSR count). The van der Waals surface area contributed by atoms with Crippen molar-refractivity contribution in [3.05, 3.63) is 35.1 Å². The predicted molar refractivity (Wildman–Crippen MR) is 114 cm³/mol. The molecule has 0 saturated heterocycles. The molecule has 0 nitrogen and oxygen atoms in total. The van der Waals surface area contributed by atoms with E-state index in [9.17, 15) is 13.2 Å². The molecule has 0 aromatic heterocycles. The molecule has 0 amide bonds. The van der Waals surface area contributed by atoms with E-state index in [1.165, 1.54) is 70.3 Å². The van der Waals surface area contributed by atoms with Crippen LogP contribution in [0.15, 0.2) is 12.1 Å². The van der Waals surface area contributed by atoms with Gasteiger partial charge in [-0.2, -0.15) is 0 Å². The average Bonchev–Trinajstić information content (AvgIpc) is 2.71. The second-order valence-corrected chi connectivity index (χ2v) is 11.2. The summed E-state index contributed by atoms with van der Waals surface area (Å²) >= 11 is 0. The largest absolute Gasteiger partial charge is 0.204 e. The lowest BCUT2D eigenvalue weighted by molar-refractivity contribution is 0.141. The first-order valence-corrected chi connectivity index (χ1v) is 14.1. The minimum absolute atomic E-state index is 0.254. The van der Waals surface area contributed by atoms with E-state index in [0.717, 1.165) is 36.3 Å². The Morgan fingerprint density at radius 2 is 1.29 bits per heavy atom. The first-order chi connectivity index (χ1) is 13.6. The molecule has 2 aliphatic carbocycles. The van der Waals surface area contributed by atoms with Gasteiger partial charge in [-0.25, -0.2) is 13.2 Å². The lowest BCUT2D eigenvalue weighted by atomic mass is 9.68. The van der Waals surface area contributed by atoms with E-state index in [4.69, 9.17) is 0 Å². The van der Waals surface area contributed by atoms with E-state index in [1.807, 2.05) is 0 Å². The van der Waals surface area contributed by atoms with Crippen LogP contribution in [-0.4, -0.2) is 9.52 Å². The summed E-state index contributed by atoms with van der Waals surface area (Å²) in [5, 5.41) is 0. The van der Waals surface area contributed by atoms with Crippen LogP contribution >= 0.6 is 0 Å². The van der Waals surface area contributed by atoms with E-state index in [1.54, 1.807) is 0 Å². The third-order valence-electron chi connectivity index (χ3n) is 7.55. The maximum absolute atomic E-state index is 13.4. The summed E-state index contributed by atoms with van der Waals surface area (Å²) in [5.41, 5.74) is 0.586. The quantitative estimate of drug-likeness (QED) is 0.244. The van der Waals surface area contributed by atoms with Gasteiger partial charge in [-0.15, -0.1) is 0 Å². The van der Waals surface area contributed by atoms with E-state index in [2.05, 4.69) is 6.55 Å². The highest BCUT2D eigenvalue weighted by molar-refractivity contribution is 6.33. The Morgan fingerprint density at radius 1 is 0.786 bits per heavy atom. The van der Waals surface area contributed by atoms with Gasteiger partial charge < -0.3 is 0 Å². The third-order valence-corrected chi connectivity index (χ3v) is 8.76. The molecule has 2 saturated carbocycles. The molecule has 0 bridgehead atoms. The van der Waals surface area contributed by atoms with E-state index in [0.29, 0.717) is 17.9 Å². The van der Waals surface area contributed by atoms with E-state index >= 15 is 0 Å². The second kappa shape index (κ2) is 10.8. The zero-order chi connectivity index (χ0) is 19.9. The maximum Gasteiger partial charge on any atom is 0.194 e. The number of halogens is 3. The third kappa shape index (κ3) is 6.11. The Kier molecular flexibility index (Phi) is 8.49. The Balaban J connectivity index is 1.36. The van der Waals surface area contributed by atoms with Gasteiger partial charge in [0.05, 0.1) is 0 Å². The number of aryl methyl sites for hydroxylation is 1. The SMILES string of the molecule is C[SiH2]CCCC1CCC(C2CCC(CCc3cc(F)c(F)c(F)c3)CC2)CC1. The summed E-state index contributed by atoms with van der Waals surface area (Å²) < 4.78 is 39.8. The van der Waals surface area contributed by atoms with Crippen molar-refractivity contribution < 1.29 is 13.2 Å². The minimum atomic E-state index is -1.36. The highest BCUT2D eigenvalue weighted by atomic mass is 28.2. The van der Waals surface area contributed by atoms with Gasteiger partial charge >= 0.3 is 0 Å². The molecule has 0 atom stereocenters. The standard InChI is InChI=1S/C24H37F3Si/c1-28-14-2-3-17-6-10-20(11-7-17)21-12-8-18(9-13-21)4-5-19-15-22(25)24(27)23(26)16-19/h15-18,20-21H,2-14,28H2,1H3. The van der Waals surface area contributed by atoms with Crippen molar-refractivity contribution in [1.82, 2.24) is 0 Å². The van der Waals surface area contributed by atoms with Gasteiger partial charge in [0.25, 0.3) is 0 Å². The van der Waals surface area contributed by atoms with Crippen LogP contribution in [0.3, 0.4) is 0 Å². The Labute approximate surface area is 171 Å². The monoisotopic (exact) mass is 410 g/mol. The Hall–Kier alpha value is -0.773. The number of hydrogen-bond acceptors (Lipinski definition) is 0. The predicted octanol–water partition coefficient (Wildman–Crippen LogP) is 7.06. The summed E-state index contributed by atoms with van der Waals surface area (Å²) in [6.07, 6.45) is 15.5. The van der Waals surface area contributed by atoms with Gasteiger partial charge in [-0.05, 0) is 79.9 Å². The molecule has 0 radical (unpaired) electrons. The van der Waals surface area contributed by atoms with Gasteiger partial charge in [0, 0.05) is 9.52 Å². The van der Waals surface area contributed by atoms with Gasteiger partial charge in [-0.1, -0.05) is 51.1 Å². The molecule has 1 aromatic rings. The highest BCUT2D eigenvalue weighted by Crippen LogP contribution is 2.43. The summed E-state index contributed by atoms with van der Waals surface area (Å²) in [6.45, 7) is 2.42. The molecule has 2 aliphatic rings. The average molecular weight is 411 g/mol. The van der Waals surface area contributed by atoms with E-state index in [-0.39, 0.29) is 9.52 Å². The maximum atomic E-state index is 13.4. The lowest BCUT2D eigenvalue weighted by Gasteiger charge is -2.38. The highest BCUT2D eigenvalue weighted by Gasteiger charge is 2.30. The molecule has 0 heterocycles. The van der Waals surface area contributed by atoms with Crippen molar-refractivity contribution in [2.24, 2.45) is 23.7 Å². The van der Waals surface area contributed by atoms with Gasteiger partial charge in [0.2, 0.25) is 0 Å². The van der Waals surface area contributed by atoms with Gasteiger partial charge in [-0.3, -0.25) is 0 Å². The zero-order valence-corrected chi connectivity index (χ0v) is 18.9. The summed E-state index contributed by atoms with van der Waals surface area (Å²) in [4.78, 5) is 0. The molecule has 2 fully saturated rings. The zero-order valence-electron chi connectivity index (χ0n) is 17.5. The molecule has 28 heavy (non-hydrogen) atoms. The molecule has 158 valence electrons. The molecule has 0 N–H and O–H groups in total. The molecule has 0 aliphatic heterocycles. The van der Waals surface area contributed by atoms with Crippen molar-refractivity contribution in [1.29, 1.82) is 0 Å². The van der Waals surface area contributed by atoms with Crippen LogP contribution in [0.1, 0.15) is 76.2 Å². The summed E-state index contributed by atoms with van der Waals surface area (Å²) in [5.74, 6) is 0.0222. The molecule has 4 heteroatoms. The summed E-state index contributed by atoms with van der Waals surface area (Å²) in [7, 11) is 0.254.